The predicted molar refractivity (Wildman–Crippen MR) is 105 cm³/mol. The Morgan fingerprint density at radius 2 is 2.04 bits per heavy atom. The van der Waals surface area contributed by atoms with Crippen molar-refractivity contribution < 1.29 is 0 Å². The summed E-state index contributed by atoms with van der Waals surface area (Å²) in [6, 6.07) is 13.7. The first-order valence-electron chi connectivity index (χ1n) is 8.11. The molecule has 3 rings (SSSR count). The van der Waals surface area contributed by atoms with Crippen LogP contribution < -0.4 is 4.80 Å². The highest BCUT2D eigenvalue weighted by Gasteiger charge is 2.08. The van der Waals surface area contributed by atoms with Crippen LogP contribution in [0.25, 0.3) is 10.6 Å². The molecule has 4 nitrogen and oxygen atoms in total. The number of aromatic nitrogens is 1. The standard InChI is InChI=1S/C19H18N4S2/c1-2-3-10-21-19-23(17(14-25-19)18-5-4-11-24-18)22-13-16-8-6-15(12-20)7-9-16/h4-9,11,13-14H,2-3,10H2,1H3. The third-order valence-electron chi connectivity index (χ3n) is 3.58. The number of nitrogens with zero attached hydrogens (tertiary/aromatic N) is 4. The average molecular weight is 367 g/mol. The molecule has 0 fully saturated rings. The maximum Gasteiger partial charge on any atom is 0.206 e. The normalized spacial score (nSPS) is 11.9. The maximum absolute atomic E-state index is 8.89. The number of hydrogen-bond donors (Lipinski definition) is 0. The summed E-state index contributed by atoms with van der Waals surface area (Å²) in [6.45, 7) is 2.98. The van der Waals surface area contributed by atoms with Gasteiger partial charge in [0.2, 0.25) is 4.80 Å². The lowest BCUT2D eigenvalue weighted by atomic mass is 10.2. The molecule has 0 amide bonds. The van der Waals surface area contributed by atoms with Gasteiger partial charge in [-0.3, -0.25) is 4.99 Å². The second-order valence-corrected chi connectivity index (χ2v) is 7.19. The first-order valence-corrected chi connectivity index (χ1v) is 9.87. The molecule has 6 heteroatoms. The lowest BCUT2D eigenvalue weighted by molar-refractivity contribution is 0.764. The molecule has 0 atom stereocenters. The van der Waals surface area contributed by atoms with Crippen molar-refractivity contribution in [1.29, 1.82) is 5.26 Å². The fourth-order valence-electron chi connectivity index (χ4n) is 2.21. The van der Waals surface area contributed by atoms with Crippen molar-refractivity contribution in [2.24, 2.45) is 10.1 Å². The van der Waals surface area contributed by atoms with E-state index in [1.165, 1.54) is 4.88 Å². The first kappa shape index (κ1) is 17.3. The van der Waals surface area contributed by atoms with Gasteiger partial charge in [-0.15, -0.1) is 22.7 Å². The Bertz CT molecular complexity index is 939. The average Bonchev–Trinajstić information content (AvgIpc) is 3.30. The van der Waals surface area contributed by atoms with E-state index in [9.17, 15) is 0 Å². The molecule has 0 saturated carbocycles. The highest BCUT2D eigenvalue weighted by atomic mass is 32.1. The van der Waals surface area contributed by atoms with Gasteiger partial charge in [0.05, 0.1) is 28.4 Å². The fourth-order valence-corrected chi connectivity index (χ4v) is 3.87. The minimum atomic E-state index is 0.648. The van der Waals surface area contributed by atoms with Crippen LogP contribution >= 0.6 is 22.7 Å². The van der Waals surface area contributed by atoms with Crippen LogP contribution in [0.3, 0.4) is 0 Å². The largest absolute Gasteiger partial charge is 0.257 e. The lowest BCUT2D eigenvalue weighted by Gasteiger charge is -2.01. The van der Waals surface area contributed by atoms with E-state index in [2.05, 4.69) is 34.9 Å². The molecule has 0 radical (unpaired) electrons. The Hall–Kier alpha value is -2.49. The van der Waals surface area contributed by atoms with Crippen LogP contribution in [0.2, 0.25) is 0 Å². The van der Waals surface area contributed by atoms with Gasteiger partial charge in [-0.1, -0.05) is 31.5 Å². The maximum atomic E-state index is 8.89. The zero-order chi connectivity index (χ0) is 17.5. The number of benzene rings is 1. The van der Waals surface area contributed by atoms with Crippen LogP contribution in [0.1, 0.15) is 30.9 Å². The summed E-state index contributed by atoms with van der Waals surface area (Å²) in [5.74, 6) is 0. The van der Waals surface area contributed by atoms with Crippen molar-refractivity contribution in [3.05, 3.63) is 63.1 Å². The minimum absolute atomic E-state index is 0.648. The van der Waals surface area contributed by atoms with Crippen molar-refractivity contribution in [2.45, 2.75) is 19.8 Å². The van der Waals surface area contributed by atoms with E-state index in [1.54, 1.807) is 34.8 Å². The summed E-state index contributed by atoms with van der Waals surface area (Å²) in [5.41, 5.74) is 2.66. The number of hydrogen-bond acceptors (Lipinski definition) is 5. The quantitative estimate of drug-likeness (QED) is 0.459. The number of rotatable bonds is 6. The molecule has 0 bridgehead atoms. The van der Waals surface area contributed by atoms with Gasteiger partial charge in [-0.05, 0) is 35.6 Å². The Kier molecular flexibility index (Phi) is 5.94. The Morgan fingerprint density at radius 3 is 2.72 bits per heavy atom. The van der Waals surface area contributed by atoms with Gasteiger partial charge in [0.25, 0.3) is 0 Å². The molecule has 0 unspecified atom stereocenters. The van der Waals surface area contributed by atoms with Gasteiger partial charge in [0.15, 0.2) is 0 Å². The van der Waals surface area contributed by atoms with Crippen LogP contribution in [-0.4, -0.2) is 17.4 Å². The Labute approximate surface area is 155 Å². The van der Waals surface area contributed by atoms with Crippen molar-refractivity contribution in [2.75, 3.05) is 6.54 Å². The van der Waals surface area contributed by atoms with Gasteiger partial charge < -0.3 is 0 Å². The zero-order valence-electron chi connectivity index (χ0n) is 13.9. The van der Waals surface area contributed by atoms with Crippen molar-refractivity contribution >= 4 is 28.9 Å². The number of nitriles is 1. The molecule has 0 N–H and O–H groups in total. The molecule has 0 aliphatic heterocycles. The molecular weight excluding hydrogens is 348 g/mol. The molecule has 25 heavy (non-hydrogen) atoms. The van der Waals surface area contributed by atoms with Crippen LogP contribution in [0.4, 0.5) is 0 Å². The van der Waals surface area contributed by atoms with Crippen LogP contribution in [-0.2, 0) is 0 Å². The molecule has 0 aliphatic rings. The molecule has 0 spiro atoms. The first-order chi connectivity index (χ1) is 12.3. The van der Waals surface area contributed by atoms with Gasteiger partial charge >= 0.3 is 0 Å². The summed E-state index contributed by atoms with van der Waals surface area (Å²) in [4.78, 5) is 6.77. The van der Waals surface area contributed by atoms with Gasteiger partial charge in [-0.2, -0.15) is 10.4 Å². The van der Waals surface area contributed by atoms with Gasteiger partial charge in [-0.25, -0.2) is 4.68 Å². The lowest BCUT2D eigenvalue weighted by Crippen LogP contribution is -2.12. The highest BCUT2D eigenvalue weighted by Crippen LogP contribution is 2.25. The summed E-state index contributed by atoms with van der Waals surface area (Å²) in [5, 5.41) is 17.7. The topological polar surface area (TPSA) is 53.4 Å². The second kappa shape index (κ2) is 8.56. The second-order valence-electron chi connectivity index (χ2n) is 5.41. The van der Waals surface area contributed by atoms with Crippen LogP contribution in [0.5, 0.6) is 0 Å². The van der Waals surface area contributed by atoms with E-state index in [1.807, 2.05) is 29.1 Å². The molecule has 2 heterocycles. The minimum Gasteiger partial charge on any atom is -0.257 e. The number of thiophene rings is 1. The summed E-state index contributed by atoms with van der Waals surface area (Å²) in [7, 11) is 0. The van der Waals surface area contributed by atoms with Gasteiger partial charge in [0, 0.05) is 11.9 Å². The third-order valence-corrected chi connectivity index (χ3v) is 5.33. The monoisotopic (exact) mass is 366 g/mol. The van der Waals surface area contributed by atoms with E-state index in [0.29, 0.717) is 5.56 Å². The predicted octanol–water partition coefficient (Wildman–Crippen LogP) is 4.73. The van der Waals surface area contributed by atoms with Crippen LogP contribution in [0.15, 0.2) is 57.3 Å². The molecular formula is C19H18N4S2. The van der Waals surface area contributed by atoms with Crippen molar-refractivity contribution in [1.82, 2.24) is 4.68 Å². The molecule has 3 aromatic rings. The number of thiazole rings is 1. The highest BCUT2D eigenvalue weighted by molar-refractivity contribution is 7.14. The van der Waals surface area contributed by atoms with E-state index in [4.69, 9.17) is 10.3 Å². The molecule has 0 aliphatic carbocycles. The molecule has 126 valence electrons. The van der Waals surface area contributed by atoms with Crippen molar-refractivity contribution in [3.63, 3.8) is 0 Å². The van der Waals surface area contributed by atoms with E-state index in [-0.39, 0.29) is 0 Å². The fraction of sp³-hybridized carbons (Fsp3) is 0.211. The van der Waals surface area contributed by atoms with E-state index >= 15 is 0 Å². The molecule has 1 aromatic carbocycles. The third kappa shape index (κ3) is 4.32. The summed E-state index contributed by atoms with van der Waals surface area (Å²) in [6.07, 6.45) is 4.01. The van der Waals surface area contributed by atoms with Crippen LogP contribution in [0, 0.1) is 11.3 Å². The van der Waals surface area contributed by atoms with E-state index < -0.39 is 0 Å². The van der Waals surface area contributed by atoms with Gasteiger partial charge in [0.1, 0.15) is 0 Å². The molecule has 2 aromatic heterocycles. The van der Waals surface area contributed by atoms with Crippen molar-refractivity contribution in [3.8, 4) is 16.6 Å². The van der Waals surface area contributed by atoms with E-state index in [0.717, 1.165) is 35.4 Å². The number of unbranched alkanes of at least 4 members (excludes halogenated alkanes) is 1. The smallest absolute Gasteiger partial charge is 0.206 e. The molecule has 0 saturated heterocycles. The SMILES string of the molecule is CCCCN=c1scc(-c2cccs2)n1N=Cc1ccc(C#N)cc1. The summed E-state index contributed by atoms with van der Waals surface area (Å²) >= 11 is 3.30. The zero-order valence-corrected chi connectivity index (χ0v) is 15.6. The Balaban J connectivity index is 1.96. The summed E-state index contributed by atoms with van der Waals surface area (Å²) < 4.78 is 1.91. The Morgan fingerprint density at radius 1 is 1.20 bits per heavy atom.